The first-order chi connectivity index (χ1) is 15.0. The third-order valence-electron chi connectivity index (χ3n) is 4.67. The highest BCUT2D eigenvalue weighted by Crippen LogP contribution is 2.26. The van der Waals surface area contributed by atoms with Gasteiger partial charge in [-0.15, -0.1) is 5.10 Å². The number of aryl methyl sites for hydroxylation is 2. The lowest BCUT2D eigenvalue weighted by Gasteiger charge is -2.10. The summed E-state index contributed by atoms with van der Waals surface area (Å²) < 4.78 is 22.1. The van der Waals surface area contributed by atoms with Crippen molar-refractivity contribution < 1.29 is 9.13 Å². The molecule has 5 nitrogen and oxygen atoms in total. The van der Waals surface area contributed by atoms with Crippen LogP contribution in [0.1, 0.15) is 22.6 Å². The van der Waals surface area contributed by atoms with Crippen molar-refractivity contribution in [2.75, 3.05) is 5.32 Å². The number of rotatable bonds is 7. The molecule has 4 rings (SSSR count). The average Bonchev–Trinajstić information content (AvgIpc) is 3.14. The van der Waals surface area contributed by atoms with Crippen LogP contribution in [0.15, 0.2) is 66.7 Å². The smallest absolute Gasteiger partial charge is 0.165 e. The maximum atomic E-state index is 14.4. The van der Waals surface area contributed by atoms with Gasteiger partial charge in [-0.2, -0.15) is 0 Å². The van der Waals surface area contributed by atoms with Crippen LogP contribution in [0.3, 0.4) is 0 Å². The first-order valence-corrected chi connectivity index (χ1v) is 10.2. The molecule has 1 N–H and O–H groups in total. The Labute approximate surface area is 185 Å². The average molecular weight is 437 g/mol. The van der Waals surface area contributed by atoms with Gasteiger partial charge in [0.2, 0.25) is 0 Å². The van der Waals surface area contributed by atoms with Crippen molar-refractivity contribution in [3.05, 3.63) is 100 Å². The molecule has 0 atom stereocenters. The SMILES string of the molecule is Cc1cc(-n2nc(Nc3cccc(Cl)c3F)cc2COCc2ccccc2)cc(C)n1. The second kappa shape index (κ2) is 9.29. The van der Waals surface area contributed by atoms with Crippen molar-refractivity contribution in [1.82, 2.24) is 14.8 Å². The van der Waals surface area contributed by atoms with Gasteiger partial charge in [-0.3, -0.25) is 4.98 Å². The van der Waals surface area contributed by atoms with Crippen LogP contribution in [-0.4, -0.2) is 14.8 Å². The summed E-state index contributed by atoms with van der Waals surface area (Å²) in [6, 6.07) is 20.5. The molecule has 2 heterocycles. The third-order valence-corrected chi connectivity index (χ3v) is 4.96. The Balaban J connectivity index is 1.63. The lowest BCUT2D eigenvalue weighted by Crippen LogP contribution is -2.06. The number of pyridine rings is 1. The summed E-state index contributed by atoms with van der Waals surface area (Å²) in [6.07, 6.45) is 0. The van der Waals surface area contributed by atoms with E-state index in [0.29, 0.717) is 19.0 Å². The van der Waals surface area contributed by atoms with Crippen molar-refractivity contribution >= 4 is 23.1 Å². The Hall–Kier alpha value is -3.22. The number of aromatic nitrogens is 3. The lowest BCUT2D eigenvalue weighted by molar-refractivity contribution is 0.103. The number of ether oxygens (including phenoxy) is 1. The van der Waals surface area contributed by atoms with Crippen LogP contribution in [0, 0.1) is 19.7 Å². The molecule has 0 aliphatic rings. The Morgan fingerprint density at radius 1 is 0.968 bits per heavy atom. The molecule has 0 amide bonds. The van der Waals surface area contributed by atoms with Crippen LogP contribution < -0.4 is 5.32 Å². The highest BCUT2D eigenvalue weighted by molar-refractivity contribution is 6.31. The molecule has 0 spiro atoms. The summed E-state index contributed by atoms with van der Waals surface area (Å²) >= 11 is 5.91. The van der Waals surface area contributed by atoms with Gasteiger partial charge in [0.15, 0.2) is 11.6 Å². The van der Waals surface area contributed by atoms with E-state index < -0.39 is 5.82 Å². The van der Waals surface area contributed by atoms with E-state index in [-0.39, 0.29) is 10.7 Å². The first kappa shape index (κ1) is 21.0. The number of nitrogens with one attached hydrogen (secondary N) is 1. The number of halogens is 2. The quantitative estimate of drug-likeness (QED) is 0.378. The molecule has 0 unspecified atom stereocenters. The van der Waals surface area contributed by atoms with E-state index in [1.54, 1.807) is 16.8 Å². The maximum absolute atomic E-state index is 14.4. The Morgan fingerprint density at radius 2 is 1.71 bits per heavy atom. The lowest BCUT2D eigenvalue weighted by atomic mass is 10.2. The van der Waals surface area contributed by atoms with Crippen molar-refractivity contribution in [3.63, 3.8) is 0 Å². The van der Waals surface area contributed by atoms with Gasteiger partial charge in [0.05, 0.1) is 35.3 Å². The van der Waals surface area contributed by atoms with Gasteiger partial charge in [0.1, 0.15) is 0 Å². The number of anilines is 2. The molecule has 0 aliphatic carbocycles. The van der Waals surface area contributed by atoms with Crippen molar-refractivity contribution in [3.8, 4) is 5.69 Å². The van der Waals surface area contributed by atoms with Gasteiger partial charge in [0.25, 0.3) is 0 Å². The molecule has 4 aromatic rings. The zero-order valence-corrected chi connectivity index (χ0v) is 18.0. The fraction of sp³-hybridized carbons (Fsp3) is 0.167. The second-order valence-corrected chi connectivity index (χ2v) is 7.65. The molecule has 158 valence electrons. The minimum atomic E-state index is -0.517. The summed E-state index contributed by atoms with van der Waals surface area (Å²) in [6.45, 7) is 4.69. The molecule has 0 saturated carbocycles. The van der Waals surface area contributed by atoms with E-state index in [9.17, 15) is 4.39 Å². The molecule has 0 fully saturated rings. The maximum Gasteiger partial charge on any atom is 0.165 e. The summed E-state index contributed by atoms with van der Waals surface area (Å²) in [5, 5.41) is 7.71. The van der Waals surface area contributed by atoms with Gasteiger partial charge >= 0.3 is 0 Å². The van der Waals surface area contributed by atoms with E-state index in [2.05, 4.69) is 15.4 Å². The topological polar surface area (TPSA) is 52.0 Å². The molecule has 0 aliphatic heterocycles. The van der Waals surface area contributed by atoms with Gasteiger partial charge in [-0.25, -0.2) is 9.07 Å². The number of hydrogen-bond donors (Lipinski definition) is 1. The number of benzene rings is 2. The first-order valence-electron chi connectivity index (χ1n) is 9.87. The van der Waals surface area contributed by atoms with E-state index in [1.807, 2.05) is 62.4 Å². The standard InChI is InChI=1S/C24H22ClFN4O/c1-16-11-19(12-17(2)27-16)30-20(15-31-14-18-7-4-3-5-8-18)13-23(29-30)28-22-10-6-9-21(25)24(22)26/h3-13H,14-15H2,1-2H3,(H,28,29). The molecule has 7 heteroatoms. The van der Waals surface area contributed by atoms with E-state index >= 15 is 0 Å². The summed E-state index contributed by atoms with van der Waals surface area (Å²) in [5.74, 6) is -0.0252. The molecule has 2 aromatic heterocycles. The molecular formula is C24H22ClFN4O. The zero-order valence-electron chi connectivity index (χ0n) is 17.3. The number of hydrogen-bond acceptors (Lipinski definition) is 4. The molecule has 0 radical (unpaired) electrons. The molecule has 0 bridgehead atoms. The van der Waals surface area contributed by atoms with Crippen LogP contribution in [0.25, 0.3) is 5.69 Å². The summed E-state index contributed by atoms with van der Waals surface area (Å²) in [5.41, 5.74) is 4.81. The molecule has 0 saturated heterocycles. The van der Waals surface area contributed by atoms with Crippen molar-refractivity contribution in [2.45, 2.75) is 27.1 Å². The van der Waals surface area contributed by atoms with Gasteiger partial charge < -0.3 is 10.1 Å². The fourth-order valence-electron chi connectivity index (χ4n) is 3.33. The monoisotopic (exact) mass is 436 g/mol. The van der Waals surface area contributed by atoms with Gasteiger partial charge in [-0.1, -0.05) is 48.0 Å². The third kappa shape index (κ3) is 5.10. The Morgan fingerprint density at radius 3 is 2.45 bits per heavy atom. The van der Waals surface area contributed by atoms with Crippen LogP contribution in [0.2, 0.25) is 5.02 Å². The zero-order chi connectivity index (χ0) is 21.8. The minimum absolute atomic E-state index is 0.0521. The molecule has 31 heavy (non-hydrogen) atoms. The fourth-order valence-corrected chi connectivity index (χ4v) is 3.50. The summed E-state index contributed by atoms with van der Waals surface area (Å²) in [7, 11) is 0. The van der Waals surface area contributed by atoms with Crippen molar-refractivity contribution in [2.24, 2.45) is 0 Å². The van der Waals surface area contributed by atoms with E-state index in [0.717, 1.165) is 28.3 Å². The van der Waals surface area contributed by atoms with Crippen LogP contribution in [-0.2, 0) is 18.0 Å². The Kier molecular flexibility index (Phi) is 6.30. The molecule has 2 aromatic carbocycles. The largest absolute Gasteiger partial charge is 0.370 e. The minimum Gasteiger partial charge on any atom is -0.370 e. The summed E-state index contributed by atoms with van der Waals surface area (Å²) in [4.78, 5) is 4.43. The van der Waals surface area contributed by atoms with Crippen molar-refractivity contribution in [1.29, 1.82) is 0 Å². The number of nitrogens with zero attached hydrogens (tertiary/aromatic N) is 3. The highest BCUT2D eigenvalue weighted by Gasteiger charge is 2.14. The van der Waals surface area contributed by atoms with Gasteiger partial charge in [0, 0.05) is 17.5 Å². The predicted molar refractivity (Wildman–Crippen MR) is 120 cm³/mol. The van der Waals surface area contributed by atoms with Gasteiger partial charge in [-0.05, 0) is 43.7 Å². The van der Waals surface area contributed by atoms with Crippen LogP contribution in [0.5, 0.6) is 0 Å². The highest BCUT2D eigenvalue weighted by atomic mass is 35.5. The van der Waals surface area contributed by atoms with Crippen LogP contribution >= 0.6 is 11.6 Å². The normalized spacial score (nSPS) is 11.0. The van der Waals surface area contributed by atoms with Crippen LogP contribution in [0.4, 0.5) is 15.9 Å². The van der Waals surface area contributed by atoms with E-state index in [1.165, 1.54) is 6.07 Å². The second-order valence-electron chi connectivity index (χ2n) is 7.25. The molecular weight excluding hydrogens is 415 g/mol. The Bertz CT molecular complexity index is 1170. The predicted octanol–water partition coefficient (Wildman–Crippen LogP) is 6.14. The van der Waals surface area contributed by atoms with E-state index in [4.69, 9.17) is 16.3 Å².